The number of hydrogen-bond donors (Lipinski definition) is 1. The van der Waals surface area contributed by atoms with Crippen molar-refractivity contribution in [2.24, 2.45) is 4.99 Å². The van der Waals surface area contributed by atoms with E-state index in [1.54, 1.807) is 0 Å². The number of ether oxygens (including phenoxy) is 1. The molecular formula is C23H22F6N4O5. The van der Waals surface area contributed by atoms with Crippen molar-refractivity contribution in [1.29, 1.82) is 0 Å². The van der Waals surface area contributed by atoms with E-state index in [2.05, 4.69) is 9.98 Å². The number of fused-ring (bicyclic) bond motifs is 1. The fraction of sp³-hybridized carbons (Fsp3) is 0.435. The van der Waals surface area contributed by atoms with Gasteiger partial charge in [0.2, 0.25) is 11.7 Å². The number of rotatable bonds is 5. The standard InChI is InChI=1S/C23H22F6N4O5/c1-22(2,3)38-21(37)30-12(6-11-7-14(25)15(26)9-13(11)24)8-17(34)32-4-5-33-16(10-32)18(19(35)36)31-20(33)23(27,28)29/h7,9H,4-6,8,10H2,1-3H3,(H,35,36). The summed E-state index contributed by atoms with van der Waals surface area (Å²) in [4.78, 5) is 44.6. The minimum Gasteiger partial charge on any atom is -0.476 e. The largest absolute Gasteiger partial charge is 0.476 e. The SMILES string of the molecule is CC(C)(C)OC(=O)N=C(CC(=O)N1CCn2c(C(F)(F)F)nc(C(=O)O)c2C1)Cc1cc(F)c(F)cc1F. The highest BCUT2D eigenvalue weighted by Gasteiger charge is 2.41. The second-order valence-corrected chi connectivity index (χ2v) is 9.37. The van der Waals surface area contributed by atoms with Crippen LogP contribution in [-0.2, 0) is 35.2 Å². The number of hydrogen-bond acceptors (Lipinski definition) is 5. The molecule has 0 saturated carbocycles. The molecule has 0 unspecified atom stereocenters. The van der Waals surface area contributed by atoms with Crippen LogP contribution < -0.4 is 0 Å². The maximum Gasteiger partial charge on any atom is 0.449 e. The number of aromatic nitrogens is 2. The first-order valence-electron chi connectivity index (χ1n) is 11.1. The minimum absolute atomic E-state index is 0.274. The number of carbonyl (C=O) groups is 3. The molecule has 0 radical (unpaired) electrons. The van der Waals surface area contributed by atoms with Crippen molar-refractivity contribution < 1.29 is 50.6 Å². The molecule has 1 N–H and O–H groups in total. The van der Waals surface area contributed by atoms with Crippen molar-refractivity contribution in [3.63, 3.8) is 0 Å². The van der Waals surface area contributed by atoms with Gasteiger partial charge in [-0.1, -0.05) is 0 Å². The van der Waals surface area contributed by atoms with Gasteiger partial charge in [0, 0.05) is 31.3 Å². The summed E-state index contributed by atoms with van der Waals surface area (Å²) in [5.74, 6) is -7.94. The zero-order chi connectivity index (χ0) is 28.6. The van der Waals surface area contributed by atoms with Crippen LogP contribution in [-0.4, -0.2) is 55.4 Å². The molecule has 206 valence electrons. The molecular weight excluding hydrogens is 526 g/mol. The molecule has 0 aliphatic carbocycles. The van der Waals surface area contributed by atoms with Crippen LogP contribution in [0.1, 0.15) is 54.8 Å². The van der Waals surface area contributed by atoms with E-state index in [9.17, 15) is 45.8 Å². The fourth-order valence-electron chi connectivity index (χ4n) is 3.73. The van der Waals surface area contributed by atoms with E-state index in [1.807, 2.05) is 0 Å². The Morgan fingerprint density at radius 3 is 2.26 bits per heavy atom. The number of alkyl halides is 3. The Hall–Kier alpha value is -3.91. The third-order valence-electron chi connectivity index (χ3n) is 5.30. The number of aromatic carboxylic acids is 1. The van der Waals surface area contributed by atoms with Crippen LogP contribution in [0.25, 0.3) is 0 Å². The molecule has 1 aromatic carbocycles. The topological polar surface area (TPSA) is 114 Å². The zero-order valence-corrected chi connectivity index (χ0v) is 20.3. The number of aliphatic imine (C=N–C) groups is 1. The molecule has 1 aliphatic rings. The summed E-state index contributed by atoms with van der Waals surface area (Å²) in [7, 11) is 0. The normalized spacial score (nSPS) is 14.3. The number of amides is 2. The Morgan fingerprint density at radius 2 is 1.68 bits per heavy atom. The van der Waals surface area contributed by atoms with Crippen LogP contribution in [0.2, 0.25) is 0 Å². The zero-order valence-electron chi connectivity index (χ0n) is 20.3. The van der Waals surface area contributed by atoms with Gasteiger partial charge in [0.05, 0.1) is 18.7 Å². The summed E-state index contributed by atoms with van der Waals surface area (Å²) in [5, 5.41) is 9.30. The lowest BCUT2D eigenvalue weighted by Crippen LogP contribution is -2.40. The predicted octanol–water partition coefficient (Wildman–Crippen LogP) is 4.37. The Morgan fingerprint density at radius 1 is 1.05 bits per heavy atom. The summed E-state index contributed by atoms with van der Waals surface area (Å²) in [6.45, 7) is 3.35. The first kappa shape index (κ1) is 28.7. The van der Waals surface area contributed by atoms with Gasteiger partial charge in [0.15, 0.2) is 17.3 Å². The Kier molecular flexibility index (Phi) is 7.88. The first-order valence-corrected chi connectivity index (χ1v) is 11.1. The molecule has 2 aromatic rings. The summed E-state index contributed by atoms with van der Waals surface area (Å²) in [6.07, 6.45) is -7.36. The van der Waals surface area contributed by atoms with Gasteiger partial charge >= 0.3 is 18.2 Å². The van der Waals surface area contributed by atoms with Gasteiger partial charge in [-0.15, -0.1) is 0 Å². The lowest BCUT2D eigenvalue weighted by atomic mass is 10.0. The van der Waals surface area contributed by atoms with E-state index in [4.69, 9.17) is 4.74 Å². The number of nitrogens with zero attached hydrogens (tertiary/aromatic N) is 4. The smallest absolute Gasteiger partial charge is 0.449 e. The minimum atomic E-state index is -4.93. The van der Waals surface area contributed by atoms with Crippen LogP contribution in [0.3, 0.4) is 0 Å². The number of imidazole rings is 1. The van der Waals surface area contributed by atoms with Gasteiger partial charge < -0.3 is 19.3 Å². The summed E-state index contributed by atoms with van der Waals surface area (Å²) >= 11 is 0. The van der Waals surface area contributed by atoms with Crippen LogP contribution in [0.5, 0.6) is 0 Å². The Balaban J connectivity index is 1.90. The van der Waals surface area contributed by atoms with Gasteiger partial charge in [-0.2, -0.15) is 18.2 Å². The van der Waals surface area contributed by atoms with Gasteiger partial charge in [-0.3, -0.25) is 4.79 Å². The molecule has 2 heterocycles. The van der Waals surface area contributed by atoms with Crippen molar-refractivity contribution in [3.05, 3.63) is 52.4 Å². The number of carboxylic acids is 1. The molecule has 0 saturated heterocycles. The highest BCUT2D eigenvalue weighted by Crippen LogP contribution is 2.32. The third kappa shape index (κ3) is 6.69. The summed E-state index contributed by atoms with van der Waals surface area (Å²) in [6, 6.07) is 0.825. The van der Waals surface area contributed by atoms with Gasteiger partial charge in [0.25, 0.3) is 0 Å². The Labute approximate surface area is 211 Å². The van der Waals surface area contributed by atoms with E-state index >= 15 is 0 Å². The van der Waals surface area contributed by atoms with E-state index < -0.39 is 90.2 Å². The molecule has 0 bridgehead atoms. The maximum absolute atomic E-state index is 14.2. The van der Waals surface area contributed by atoms with Gasteiger partial charge in [-0.25, -0.2) is 27.7 Å². The molecule has 2 amide bonds. The summed E-state index contributed by atoms with van der Waals surface area (Å²) < 4.78 is 86.9. The average Bonchev–Trinajstić information content (AvgIpc) is 3.15. The van der Waals surface area contributed by atoms with Crippen molar-refractivity contribution in [1.82, 2.24) is 14.5 Å². The molecule has 1 aromatic heterocycles. The molecule has 9 nitrogen and oxygen atoms in total. The van der Waals surface area contributed by atoms with Crippen LogP contribution in [0, 0.1) is 17.5 Å². The molecule has 1 aliphatic heterocycles. The lowest BCUT2D eigenvalue weighted by molar-refractivity contribution is -0.148. The first-order chi connectivity index (χ1) is 17.5. The molecule has 0 fully saturated rings. The highest BCUT2D eigenvalue weighted by molar-refractivity contribution is 6.05. The van der Waals surface area contributed by atoms with Crippen LogP contribution in [0.15, 0.2) is 17.1 Å². The van der Waals surface area contributed by atoms with E-state index in [0.717, 1.165) is 4.90 Å². The van der Waals surface area contributed by atoms with Crippen LogP contribution >= 0.6 is 0 Å². The van der Waals surface area contributed by atoms with E-state index in [0.29, 0.717) is 10.6 Å². The fourth-order valence-corrected chi connectivity index (χ4v) is 3.73. The highest BCUT2D eigenvalue weighted by atomic mass is 19.4. The second kappa shape index (κ2) is 10.5. The molecule has 0 atom stereocenters. The van der Waals surface area contributed by atoms with Crippen molar-refractivity contribution in [3.8, 4) is 0 Å². The average molecular weight is 548 g/mol. The van der Waals surface area contributed by atoms with Crippen molar-refractivity contribution in [2.45, 2.75) is 58.5 Å². The summed E-state index contributed by atoms with van der Waals surface area (Å²) in [5.41, 5.74) is -2.94. The molecule has 3 rings (SSSR count). The van der Waals surface area contributed by atoms with Gasteiger partial charge in [-0.05, 0) is 32.4 Å². The number of carboxylic acid groups (broad SMARTS) is 1. The second-order valence-electron chi connectivity index (χ2n) is 9.37. The number of carbonyl (C=O) groups excluding carboxylic acids is 2. The number of benzene rings is 1. The predicted molar refractivity (Wildman–Crippen MR) is 118 cm³/mol. The molecule has 15 heteroatoms. The molecule has 0 spiro atoms. The third-order valence-corrected chi connectivity index (χ3v) is 5.30. The van der Waals surface area contributed by atoms with Gasteiger partial charge in [0.1, 0.15) is 11.4 Å². The number of halogens is 6. The monoisotopic (exact) mass is 548 g/mol. The maximum atomic E-state index is 14.2. The van der Waals surface area contributed by atoms with E-state index in [1.165, 1.54) is 20.8 Å². The quantitative estimate of drug-likeness (QED) is 0.337. The van der Waals surface area contributed by atoms with Crippen LogP contribution in [0.4, 0.5) is 31.1 Å². The van der Waals surface area contributed by atoms with Crippen molar-refractivity contribution in [2.75, 3.05) is 6.54 Å². The van der Waals surface area contributed by atoms with E-state index in [-0.39, 0.29) is 24.0 Å². The molecule has 38 heavy (non-hydrogen) atoms. The lowest BCUT2D eigenvalue weighted by Gasteiger charge is -2.29. The van der Waals surface area contributed by atoms with Crippen molar-refractivity contribution >= 4 is 23.7 Å². The Bertz CT molecular complexity index is 1310.